The summed E-state index contributed by atoms with van der Waals surface area (Å²) in [6.07, 6.45) is 0.0135. The first-order valence-electron chi connectivity index (χ1n) is 5.99. The van der Waals surface area contributed by atoms with Gasteiger partial charge in [0.2, 0.25) is 5.91 Å². The summed E-state index contributed by atoms with van der Waals surface area (Å²) in [4.78, 5) is 23.2. The number of methoxy groups -OCH3 is 1. The summed E-state index contributed by atoms with van der Waals surface area (Å²) in [6.45, 7) is 3.41. The summed E-state index contributed by atoms with van der Waals surface area (Å²) in [7, 11) is -1.83. The van der Waals surface area contributed by atoms with Gasteiger partial charge in [-0.1, -0.05) is 0 Å². The van der Waals surface area contributed by atoms with Gasteiger partial charge in [0.15, 0.2) is 9.84 Å². The van der Waals surface area contributed by atoms with Crippen molar-refractivity contribution in [1.29, 1.82) is 0 Å². The highest BCUT2D eigenvalue weighted by molar-refractivity contribution is 7.91. The van der Waals surface area contributed by atoms with Crippen LogP contribution in [0, 0.1) is 0 Å². The summed E-state index contributed by atoms with van der Waals surface area (Å²) in [5.74, 6) is -0.896. The first-order chi connectivity index (χ1) is 8.66. The molecule has 1 heterocycles. The van der Waals surface area contributed by atoms with Gasteiger partial charge in [-0.3, -0.25) is 4.79 Å². The van der Waals surface area contributed by atoms with Crippen LogP contribution in [0.3, 0.4) is 0 Å². The SMILES string of the molecule is COC(=O)C(C)(C)NC(=O)CC1CS(=O)(=O)CCN1. The maximum atomic E-state index is 11.8. The van der Waals surface area contributed by atoms with Crippen molar-refractivity contribution in [2.75, 3.05) is 25.2 Å². The standard InChI is InChI=1S/C11H20N2O5S/c1-11(2,10(15)18-3)13-9(14)6-8-7-19(16,17)5-4-12-8/h8,12H,4-7H2,1-3H3,(H,13,14). The fourth-order valence-corrected chi connectivity index (χ4v) is 3.37. The lowest BCUT2D eigenvalue weighted by atomic mass is 10.1. The summed E-state index contributed by atoms with van der Waals surface area (Å²) in [5, 5.41) is 5.51. The van der Waals surface area contributed by atoms with Crippen LogP contribution in [0.2, 0.25) is 0 Å². The quantitative estimate of drug-likeness (QED) is 0.633. The molecule has 1 unspecified atom stereocenters. The monoisotopic (exact) mass is 292 g/mol. The normalized spacial score (nSPS) is 22.6. The van der Waals surface area contributed by atoms with Gasteiger partial charge < -0.3 is 15.4 Å². The minimum atomic E-state index is -3.08. The van der Waals surface area contributed by atoms with Crippen molar-refractivity contribution in [3.63, 3.8) is 0 Å². The number of sulfone groups is 1. The molecule has 0 spiro atoms. The van der Waals surface area contributed by atoms with Crippen LogP contribution >= 0.6 is 0 Å². The van der Waals surface area contributed by atoms with E-state index in [0.717, 1.165) is 0 Å². The van der Waals surface area contributed by atoms with Gasteiger partial charge in [0.25, 0.3) is 0 Å². The molecule has 19 heavy (non-hydrogen) atoms. The first-order valence-corrected chi connectivity index (χ1v) is 7.81. The van der Waals surface area contributed by atoms with Gasteiger partial charge in [-0.15, -0.1) is 0 Å². The lowest BCUT2D eigenvalue weighted by Crippen LogP contribution is -2.53. The van der Waals surface area contributed by atoms with Crippen molar-refractivity contribution in [3.05, 3.63) is 0 Å². The van der Waals surface area contributed by atoms with Crippen molar-refractivity contribution >= 4 is 21.7 Å². The van der Waals surface area contributed by atoms with E-state index < -0.39 is 27.4 Å². The minimum absolute atomic E-state index is 0.0135. The molecular formula is C11H20N2O5S. The Balaban J connectivity index is 2.54. The second-order valence-electron chi connectivity index (χ2n) is 5.13. The Kier molecular flexibility index (Phi) is 4.92. The van der Waals surface area contributed by atoms with Crippen molar-refractivity contribution in [3.8, 4) is 0 Å². The van der Waals surface area contributed by atoms with Crippen LogP contribution in [0.1, 0.15) is 20.3 Å². The molecule has 110 valence electrons. The van der Waals surface area contributed by atoms with E-state index in [-0.39, 0.29) is 23.8 Å². The number of carbonyl (C=O) groups is 2. The Hall–Kier alpha value is -1.15. The number of hydrogen-bond acceptors (Lipinski definition) is 6. The van der Waals surface area contributed by atoms with Crippen molar-refractivity contribution in [1.82, 2.24) is 10.6 Å². The molecule has 0 bridgehead atoms. The molecular weight excluding hydrogens is 272 g/mol. The second kappa shape index (κ2) is 5.87. The third-order valence-corrected chi connectivity index (χ3v) is 4.62. The largest absolute Gasteiger partial charge is 0.467 e. The third kappa shape index (κ3) is 4.79. The van der Waals surface area contributed by atoms with E-state index in [9.17, 15) is 18.0 Å². The highest BCUT2D eigenvalue weighted by Gasteiger charge is 2.32. The van der Waals surface area contributed by atoms with Gasteiger partial charge in [0, 0.05) is 19.0 Å². The zero-order valence-corrected chi connectivity index (χ0v) is 12.2. The van der Waals surface area contributed by atoms with E-state index >= 15 is 0 Å². The highest BCUT2D eigenvalue weighted by atomic mass is 32.2. The Morgan fingerprint density at radius 3 is 2.58 bits per heavy atom. The van der Waals surface area contributed by atoms with E-state index in [1.54, 1.807) is 0 Å². The summed E-state index contributed by atoms with van der Waals surface area (Å²) in [6, 6.07) is -0.410. The smallest absolute Gasteiger partial charge is 0.330 e. The molecule has 0 saturated carbocycles. The Bertz CT molecular complexity index is 458. The highest BCUT2D eigenvalue weighted by Crippen LogP contribution is 2.08. The molecule has 0 aromatic heterocycles. The van der Waals surface area contributed by atoms with Crippen LogP contribution in [-0.2, 0) is 24.2 Å². The second-order valence-corrected chi connectivity index (χ2v) is 7.36. The lowest BCUT2D eigenvalue weighted by Gasteiger charge is -2.26. The fourth-order valence-electron chi connectivity index (χ4n) is 1.93. The van der Waals surface area contributed by atoms with Gasteiger partial charge in [-0.25, -0.2) is 13.2 Å². The van der Waals surface area contributed by atoms with Gasteiger partial charge in [0.05, 0.1) is 18.6 Å². The number of ether oxygens (including phenoxy) is 1. The van der Waals surface area contributed by atoms with Crippen LogP contribution in [-0.4, -0.2) is 57.0 Å². The minimum Gasteiger partial charge on any atom is -0.467 e. The zero-order chi connectivity index (χ0) is 14.7. The van der Waals surface area contributed by atoms with Crippen molar-refractivity contribution in [2.45, 2.75) is 31.8 Å². The molecule has 1 aliphatic heterocycles. The van der Waals surface area contributed by atoms with Crippen LogP contribution in [0.25, 0.3) is 0 Å². The summed E-state index contributed by atoms with van der Waals surface area (Å²) >= 11 is 0. The topological polar surface area (TPSA) is 102 Å². The van der Waals surface area contributed by atoms with Crippen LogP contribution in [0.15, 0.2) is 0 Å². The maximum Gasteiger partial charge on any atom is 0.330 e. The molecule has 1 amide bonds. The predicted octanol–water partition coefficient (Wildman–Crippen LogP) is -1.17. The molecule has 1 fully saturated rings. The molecule has 1 saturated heterocycles. The Labute approximate surface area is 113 Å². The number of amides is 1. The van der Waals surface area contributed by atoms with Gasteiger partial charge in [-0.05, 0) is 13.8 Å². The maximum absolute atomic E-state index is 11.8. The van der Waals surface area contributed by atoms with Crippen molar-refractivity contribution < 1.29 is 22.7 Å². The van der Waals surface area contributed by atoms with Crippen LogP contribution in [0.4, 0.5) is 0 Å². The molecule has 8 heteroatoms. The number of hydrogen-bond donors (Lipinski definition) is 2. The van der Waals surface area contributed by atoms with Gasteiger partial charge >= 0.3 is 5.97 Å². The van der Waals surface area contributed by atoms with Crippen LogP contribution < -0.4 is 10.6 Å². The molecule has 0 aromatic rings. The van der Waals surface area contributed by atoms with E-state index in [4.69, 9.17) is 0 Å². The molecule has 1 aliphatic rings. The number of carbonyl (C=O) groups excluding carboxylic acids is 2. The van der Waals surface area contributed by atoms with E-state index in [1.165, 1.54) is 21.0 Å². The van der Waals surface area contributed by atoms with Gasteiger partial charge in [-0.2, -0.15) is 0 Å². The molecule has 0 radical (unpaired) electrons. The van der Waals surface area contributed by atoms with E-state index in [0.29, 0.717) is 6.54 Å². The Morgan fingerprint density at radius 2 is 2.05 bits per heavy atom. The molecule has 1 rings (SSSR count). The van der Waals surface area contributed by atoms with Gasteiger partial charge in [0.1, 0.15) is 5.54 Å². The molecule has 7 nitrogen and oxygen atoms in total. The van der Waals surface area contributed by atoms with Crippen LogP contribution in [0.5, 0.6) is 0 Å². The number of rotatable bonds is 4. The first kappa shape index (κ1) is 15.9. The average Bonchev–Trinajstić information content (AvgIpc) is 2.25. The molecule has 0 aliphatic carbocycles. The molecule has 0 aromatic carbocycles. The third-order valence-electron chi connectivity index (χ3n) is 2.88. The predicted molar refractivity (Wildman–Crippen MR) is 69.3 cm³/mol. The fraction of sp³-hybridized carbons (Fsp3) is 0.818. The molecule has 2 N–H and O–H groups in total. The Morgan fingerprint density at radius 1 is 1.42 bits per heavy atom. The number of nitrogens with one attached hydrogen (secondary N) is 2. The average molecular weight is 292 g/mol. The van der Waals surface area contributed by atoms with E-state index in [1.807, 2.05) is 0 Å². The van der Waals surface area contributed by atoms with E-state index in [2.05, 4.69) is 15.4 Å². The molecule has 1 atom stereocenters. The summed E-state index contributed by atoms with van der Waals surface area (Å²) < 4.78 is 27.4. The summed E-state index contributed by atoms with van der Waals surface area (Å²) in [5.41, 5.74) is -1.13. The zero-order valence-electron chi connectivity index (χ0n) is 11.4. The number of esters is 1. The lowest BCUT2D eigenvalue weighted by molar-refractivity contribution is -0.149. The van der Waals surface area contributed by atoms with Crippen molar-refractivity contribution in [2.24, 2.45) is 0 Å².